The van der Waals surface area contributed by atoms with Crippen LogP contribution in [0, 0.1) is 16.0 Å². The van der Waals surface area contributed by atoms with Crippen molar-refractivity contribution in [1.82, 2.24) is 0 Å². The number of halogens is 1. The van der Waals surface area contributed by atoms with Crippen molar-refractivity contribution in [3.8, 4) is 0 Å². The van der Waals surface area contributed by atoms with Crippen LogP contribution in [0.4, 0.5) is 11.4 Å². The Morgan fingerprint density at radius 1 is 1.59 bits per heavy atom. The zero-order valence-electron chi connectivity index (χ0n) is 9.25. The minimum absolute atomic E-state index is 0. The molecule has 3 N–H and O–H groups in total. The van der Waals surface area contributed by atoms with Gasteiger partial charge >= 0.3 is 0 Å². The number of carbonyl (C=O) groups excluding carboxylic acids is 1. The summed E-state index contributed by atoms with van der Waals surface area (Å²) in [5, 5.41) is 13.1. The van der Waals surface area contributed by atoms with E-state index < -0.39 is 4.92 Å². The highest BCUT2D eigenvalue weighted by Crippen LogP contribution is 2.17. The standard InChI is InChI=1S/C10H13N3O3.ClH/c1-7(6-11)10(14)12-8-3-2-4-9(5-8)13(15)16;/h2-5,7H,6,11H2,1H3,(H,12,14);1H. The summed E-state index contributed by atoms with van der Waals surface area (Å²) in [6.45, 7) is 1.92. The molecule has 0 aliphatic rings. The lowest BCUT2D eigenvalue weighted by Crippen LogP contribution is -2.26. The molecule has 0 spiro atoms. The molecule has 0 bridgehead atoms. The molecule has 0 radical (unpaired) electrons. The lowest BCUT2D eigenvalue weighted by atomic mass is 10.1. The fraction of sp³-hybridized carbons (Fsp3) is 0.300. The summed E-state index contributed by atoms with van der Waals surface area (Å²) < 4.78 is 0. The zero-order chi connectivity index (χ0) is 12.1. The number of rotatable bonds is 4. The molecule has 0 saturated heterocycles. The second-order valence-electron chi connectivity index (χ2n) is 3.43. The highest BCUT2D eigenvalue weighted by atomic mass is 35.5. The second-order valence-corrected chi connectivity index (χ2v) is 3.43. The van der Waals surface area contributed by atoms with Gasteiger partial charge in [-0.25, -0.2) is 0 Å². The number of nitrogens with one attached hydrogen (secondary N) is 1. The molecule has 1 unspecified atom stereocenters. The van der Waals surface area contributed by atoms with Crippen molar-refractivity contribution in [3.63, 3.8) is 0 Å². The third kappa shape index (κ3) is 4.38. The van der Waals surface area contributed by atoms with Gasteiger partial charge in [-0.1, -0.05) is 13.0 Å². The Morgan fingerprint density at radius 2 is 2.24 bits per heavy atom. The van der Waals surface area contributed by atoms with Crippen molar-refractivity contribution < 1.29 is 9.72 Å². The van der Waals surface area contributed by atoms with Crippen LogP contribution in [0.5, 0.6) is 0 Å². The maximum absolute atomic E-state index is 11.5. The number of nitro groups is 1. The van der Waals surface area contributed by atoms with Crippen molar-refractivity contribution in [3.05, 3.63) is 34.4 Å². The molecule has 0 fully saturated rings. The predicted octanol–water partition coefficient (Wildman–Crippen LogP) is 1.55. The molecule has 1 aromatic rings. The Morgan fingerprint density at radius 3 is 2.76 bits per heavy atom. The molecule has 7 heteroatoms. The molecule has 0 aliphatic heterocycles. The average molecular weight is 260 g/mol. The summed E-state index contributed by atoms with van der Waals surface area (Å²) in [6, 6.07) is 5.78. The number of nitro benzene ring substituents is 1. The topological polar surface area (TPSA) is 98.3 Å². The molecular formula is C10H14ClN3O3. The minimum Gasteiger partial charge on any atom is -0.330 e. The van der Waals surface area contributed by atoms with Crippen molar-refractivity contribution >= 4 is 29.7 Å². The number of non-ortho nitro benzene ring substituents is 1. The van der Waals surface area contributed by atoms with Crippen LogP contribution >= 0.6 is 12.4 Å². The Kier molecular flexibility index (Phi) is 6.16. The van der Waals surface area contributed by atoms with Crippen LogP contribution in [0.1, 0.15) is 6.92 Å². The first-order chi connectivity index (χ1) is 7.54. The Labute approximate surface area is 105 Å². The molecule has 1 atom stereocenters. The molecule has 1 rings (SSSR count). The number of carbonyl (C=O) groups is 1. The first-order valence-electron chi connectivity index (χ1n) is 4.80. The van der Waals surface area contributed by atoms with E-state index in [4.69, 9.17) is 5.73 Å². The summed E-state index contributed by atoms with van der Waals surface area (Å²) in [4.78, 5) is 21.5. The monoisotopic (exact) mass is 259 g/mol. The number of amides is 1. The van der Waals surface area contributed by atoms with Crippen LogP contribution in [0.2, 0.25) is 0 Å². The van der Waals surface area contributed by atoms with Crippen LogP contribution in [-0.2, 0) is 4.79 Å². The fourth-order valence-electron chi connectivity index (χ4n) is 1.07. The average Bonchev–Trinajstić information content (AvgIpc) is 2.28. The van der Waals surface area contributed by atoms with Crippen LogP contribution in [0.15, 0.2) is 24.3 Å². The number of benzene rings is 1. The predicted molar refractivity (Wildman–Crippen MR) is 67.2 cm³/mol. The SMILES string of the molecule is CC(CN)C(=O)Nc1cccc([N+](=O)[O-])c1.Cl. The van der Waals surface area contributed by atoms with E-state index in [1.165, 1.54) is 18.2 Å². The second kappa shape index (κ2) is 6.82. The molecule has 0 aromatic heterocycles. The van der Waals surface area contributed by atoms with Gasteiger partial charge in [0.15, 0.2) is 0 Å². The van der Waals surface area contributed by atoms with Gasteiger partial charge in [0, 0.05) is 30.3 Å². The minimum atomic E-state index is -0.512. The Balaban J connectivity index is 0.00000256. The van der Waals surface area contributed by atoms with Gasteiger partial charge in [-0.15, -0.1) is 12.4 Å². The molecule has 0 heterocycles. The van der Waals surface area contributed by atoms with Crippen molar-refractivity contribution in [2.45, 2.75) is 6.92 Å². The van der Waals surface area contributed by atoms with Crippen molar-refractivity contribution in [2.75, 3.05) is 11.9 Å². The number of anilines is 1. The molecular weight excluding hydrogens is 246 g/mol. The maximum Gasteiger partial charge on any atom is 0.271 e. The van der Waals surface area contributed by atoms with E-state index in [9.17, 15) is 14.9 Å². The number of nitrogens with zero attached hydrogens (tertiary/aromatic N) is 1. The van der Waals surface area contributed by atoms with Crippen molar-refractivity contribution in [2.24, 2.45) is 11.7 Å². The third-order valence-corrected chi connectivity index (χ3v) is 2.13. The summed E-state index contributed by atoms with van der Waals surface area (Å²) >= 11 is 0. The molecule has 94 valence electrons. The van der Waals surface area contributed by atoms with Gasteiger partial charge in [-0.3, -0.25) is 14.9 Å². The third-order valence-electron chi connectivity index (χ3n) is 2.13. The van der Waals surface area contributed by atoms with Crippen LogP contribution in [0.3, 0.4) is 0 Å². The van der Waals surface area contributed by atoms with Crippen LogP contribution < -0.4 is 11.1 Å². The van der Waals surface area contributed by atoms with Gasteiger partial charge in [0.25, 0.3) is 5.69 Å². The van der Waals surface area contributed by atoms with Crippen LogP contribution in [0.25, 0.3) is 0 Å². The van der Waals surface area contributed by atoms with Gasteiger partial charge < -0.3 is 11.1 Å². The smallest absolute Gasteiger partial charge is 0.271 e. The Bertz CT molecular complexity index is 412. The highest BCUT2D eigenvalue weighted by molar-refractivity contribution is 5.92. The van der Waals surface area contributed by atoms with E-state index in [0.29, 0.717) is 5.69 Å². The quantitative estimate of drug-likeness (QED) is 0.633. The van der Waals surface area contributed by atoms with Gasteiger partial charge in [0.05, 0.1) is 4.92 Å². The highest BCUT2D eigenvalue weighted by Gasteiger charge is 2.12. The lowest BCUT2D eigenvalue weighted by molar-refractivity contribution is -0.384. The number of hydrogen-bond donors (Lipinski definition) is 2. The van der Waals surface area contributed by atoms with Gasteiger partial charge in [-0.05, 0) is 6.07 Å². The van der Waals surface area contributed by atoms with Gasteiger partial charge in [-0.2, -0.15) is 0 Å². The molecule has 0 aliphatic carbocycles. The summed E-state index contributed by atoms with van der Waals surface area (Å²) in [6.07, 6.45) is 0. The molecule has 1 amide bonds. The summed E-state index contributed by atoms with van der Waals surface area (Å²) in [7, 11) is 0. The van der Waals surface area contributed by atoms with E-state index in [0.717, 1.165) is 0 Å². The Hall–Kier alpha value is -1.66. The van der Waals surface area contributed by atoms with E-state index in [1.54, 1.807) is 13.0 Å². The summed E-state index contributed by atoms with van der Waals surface area (Å²) in [5.41, 5.74) is 5.68. The molecule has 1 aromatic carbocycles. The van der Waals surface area contributed by atoms with Gasteiger partial charge in [0.1, 0.15) is 0 Å². The first-order valence-corrected chi connectivity index (χ1v) is 4.80. The fourth-order valence-corrected chi connectivity index (χ4v) is 1.07. The van der Waals surface area contributed by atoms with Crippen molar-refractivity contribution in [1.29, 1.82) is 0 Å². The molecule has 6 nitrogen and oxygen atoms in total. The molecule has 0 saturated carbocycles. The largest absolute Gasteiger partial charge is 0.330 e. The van der Waals surface area contributed by atoms with Gasteiger partial charge in [0.2, 0.25) is 5.91 Å². The van der Waals surface area contributed by atoms with Crippen LogP contribution in [-0.4, -0.2) is 17.4 Å². The first kappa shape index (κ1) is 15.3. The number of hydrogen-bond acceptors (Lipinski definition) is 4. The normalized spacial score (nSPS) is 11.2. The zero-order valence-corrected chi connectivity index (χ0v) is 10.1. The van der Waals surface area contributed by atoms with E-state index in [-0.39, 0.29) is 36.5 Å². The summed E-state index contributed by atoms with van der Waals surface area (Å²) in [5.74, 6) is -0.567. The number of nitrogens with two attached hydrogens (primary N) is 1. The maximum atomic E-state index is 11.5. The van der Waals surface area contributed by atoms with E-state index >= 15 is 0 Å². The van der Waals surface area contributed by atoms with E-state index in [1.807, 2.05) is 0 Å². The van der Waals surface area contributed by atoms with E-state index in [2.05, 4.69) is 5.32 Å². The lowest BCUT2D eigenvalue weighted by Gasteiger charge is -2.09. The molecule has 17 heavy (non-hydrogen) atoms.